The van der Waals surface area contributed by atoms with Gasteiger partial charge in [-0.1, -0.05) is 43.2 Å². The second-order valence-corrected chi connectivity index (χ2v) is 5.15. The van der Waals surface area contributed by atoms with E-state index in [2.05, 4.69) is 12.2 Å². The van der Waals surface area contributed by atoms with Crippen molar-refractivity contribution in [3.63, 3.8) is 0 Å². The molecule has 1 atom stereocenters. The van der Waals surface area contributed by atoms with Gasteiger partial charge in [0.1, 0.15) is 0 Å². The molecule has 1 aromatic rings. The molecule has 100 valence electrons. The molecule has 0 bridgehead atoms. The van der Waals surface area contributed by atoms with Crippen molar-refractivity contribution in [2.75, 3.05) is 13.1 Å². The number of carbonyl (C=O) groups is 1. The molecular weight excluding hydrogens is 222 g/mol. The van der Waals surface area contributed by atoms with Gasteiger partial charge < -0.3 is 5.32 Å². The van der Waals surface area contributed by atoms with Gasteiger partial charge in [0, 0.05) is 5.56 Å². The van der Waals surface area contributed by atoms with Gasteiger partial charge in [-0.3, -0.25) is 4.79 Å². The smallest absolute Gasteiger partial charge is 0.171 e. The maximum Gasteiger partial charge on any atom is 0.171 e. The number of carbonyl (C=O) groups excluding carboxylic acids is 1. The van der Waals surface area contributed by atoms with Gasteiger partial charge in [-0.25, -0.2) is 0 Å². The summed E-state index contributed by atoms with van der Waals surface area (Å²) in [5, 5.41) is 2.27. The number of ketones is 1. The van der Waals surface area contributed by atoms with Crippen molar-refractivity contribution in [2.45, 2.75) is 40.0 Å². The molecule has 0 aliphatic carbocycles. The highest BCUT2D eigenvalue weighted by Crippen LogP contribution is 2.09. The van der Waals surface area contributed by atoms with Crippen LogP contribution in [0.5, 0.6) is 0 Å². The number of aryl methyl sites for hydroxylation is 1. The van der Waals surface area contributed by atoms with Crippen molar-refractivity contribution in [1.82, 2.24) is 0 Å². The van der Waals surface area contributed by atoms with E-state index >= 15 is 0 Å². The lowest BCUT2D eigenvalue weighted by Crippen LogP contribution is -2.85. The average molecular weight is 248 g/mol. The van der Waals surface area contributed by atoms with Crippen molar-refractivity contribution in [1.29, 1.82) is 0 Å². The fourth-order valence-electron chi connectivity index (χ4n) is 2.02. The van der Waals surface area contributed by atoms with Crippen LogP contribution in [0, 0.1) is 12.8 Å². The Morgan fingerprint density at radius 3 is 2.50 bits per heavy atom. The zero-order valence-corrected chi connectivity index (χ0v) is 11.9. The molecule has 18 heavy (non-hydrogen) atoms. The van der Waals surface area contributed by atoms with Gasteiger partial charge in [0.2, 0.25) is 0 Å². The van der Waals surface area contributed by atoms with Crippen LogP contribution >= 0.6 is 0 Å². The molecule has 0 spiro atoms. The number of rotatable bonds is 8. The minimum Gasteiger partial charge on any atom is -0.346 e. The number of hydrogen-bond acceptors (Lipinski definition) is 1. The number of quaternary nitrogens is 1. The lowest BCUT2D eigenvalue weighted by molar-refractivity contribution is -0.658. The van der Waals surface area contributed by atoms with E-state index in [1.54, 1.807) is 0 Å². The SMILES string of the molecule is CCCCC[NH2+]CC(C)C(=O)c1ccc(C)cc1. The Morgan fingerprint density at radius 2 is 1.89 bits per heavy atom. The van der Waals surface area contributed by atoms with E-state index in [9.17, 15) is 4.79 Å². The highest BCUT2D eigenvalue weighted by Gasteiger charge is 2.16. The van der Waals surface area contributed by atoms with Crippen molar-refractivity contribution in [3.05, 3.63) is 35.4 Å². The summed E-state index contributed by atoms with van der Waals surface area (Å²) in [4.78, 5) is 12.2. The van der Waals surface area contributed by atoms with Crippen LogP contribution in [-0.4, -0.2) is 18.9 Å². The molecule has 0 aromatic heterocycles. The molecule has 1 rings (SSSR count). The van der Waals surface area contributed by atoms with Crippen LogP contribution in [0.1, 0.15) is 49.0 Å². The molecule has 0 radical (unpaired) electrons. The first kappa shape index (κ1) is 14.9. The van der Waals surface area contributed by atoms with E-state index in [0.29, 0.717) is 0 Å². The summed E-state index contributed by atoms with van der Waals surface area (Å²) >= 11 is 0. The lowest BCUT2D eigenvalue weighted by Gasteiger charge is -2.09. The second-order valence-electron chi connectivity index (χ2n) is 5.15. The fourth-order valence-corrected chi connectivity index (χ4v) is 2.02. The number of benzene rings is 1. The Labute approximate surface area is 111 Å². The van der Waals surface area contributed by atoms with Crippen molar-refractivity contribution >= 4 is 5.78 Å². The Hall–Kier alpha value is -1.15. The molecule has 0 aliphatic heterocycles. The fraction of sp³-hybridized carbons (Fsp3) is 0.562. The molecule has 0 amide bonds. The van der Waals surface area contributed by atoms with Gasteiger partial charge >= 0.3 is 0 Å². The maximum absolute atomic E-state index is 12.2. The molecule has 1 unspecified atom stereocenters. The molecule has 0 fully saturated rings. The van der Waals surface area contributed by atoms with Crippen molar-refractivity contribution in [3.8, 4) is 0 Å². The van der Waals surface area contributed by atoms with Gasteiger partial charge in [0.25, 0.3) is 0 Å². The molecular formula is C16H26NO+. The average Bonchev–Trinajstić information content (AvgIpc) is 2.38. The third-order valence-electron chi connectivity index (χ3n) is 3.32. The van der Waals surface area contributed by atoms with Crippen LogP contribution in [0.25, 0.3) is 0 Å². The Bertz CT molecular complexity index is 356. The first-order chi connectivity index (χ1) is 8.65. The number of hydrogen-bond donors (Lipinski definition) is 1. The van der Waals surface area contributed by atoms with E-state index < -0.39 is 0 Å². The molecule has 1 aromatic carbocycles. The summed E-state index contributed by atoms with van der Waals surface area (Å²) in [5.74, 6) is 0.371. The third-order valence-corrected chi connectivity index (χ3v) is 3.32. The Balaban J connectivity index is 2.34. The zero-order valence-electron chi connectivity index (χ0n) is 11.9. The molecule has 2 nitrogen and oxygen atoms in total. The molecule has 0 saturated carbocycles. The number of nitrogens with two attached hydrogens (primary N) is 1. The summed E-state index contributed by atoms with van der Waals surface area (Å²) < 4.78 is 0. The van der Waals surface area contributed by atoms with Gasteiger partial charge in [0.05, 0.1) is 19.0 Å². The predicted octanol–water partition coefficient (Wildman–Crippen LogP) is 2.57. The van der Waals surface area contributed by atoms with E-state index in [1.807, 2.05) is 38.1 Å². The highest BCUT2D eigenvalue weighted by atomic mass is 16.1. The molecule has 0 aliphatic rings. The van der Waals surface area contributed by atoms with Crippen molar-refractivity contribution in [2.24, 2.45) is 5.92 Å². The van der Waals surface area contributed by atoms with Crippen molar-refractivity contribution < 1.29 is 10.1 Å². The van der Waals surface area contributed by atoms with Gasteiger partial charge in [-0.2, -0.15) is 0 Å². The van der Waals surface area contributed by atoms with Crippen LogP contribution < -0.4 is 5.32 Å². The quantitative estimate of drug-likeness (QED) is 0.557. The number of unbranched alkanes of at least 4 members (excludes halogenated alkanes) is 2. The van der Waals surface area contributed by atoms with Crippen LogP contribution in [0.4, 0.5) is 0 Å². The Kier molecular flexibility index (Phi) is 6.66. The highest BCUT2D eigenvalue weighted by molar-refractivity contribution is 5.97. The first-order valence-electron chi connectivity index (χ1n) is 7.07. The van der Waals surface area contributed by atoms with E-state index in [-0.39, 0.29) is 11.7 Å². The summed E-state index contributed by atoms with van der Waals surface area (Å²) in [5.41, 5.74) is 2.04. The third kappa shape index (κ3) is 5.01. The number of Topliss-reactive ketones (excluding diaryl/α,β-unsaturated/α-hetero) is 1. The Morgan fingerprint density at radius 1 is 1.22 bits per heavy atom. The summed E-state index contributed by atoms with van der Waals surface area (Å²) in [7, 11) is 0. The molecule has 2 heteroatoms. The van der Waals surface area contributed by atoms with Crippen LogP contribution in [0.2, 0.25) is 0 Å². The van der Waals surface area contributed by atoms with Gasteiger partial charge in [-0.15, -0.1) is 0 Å². The normalized spacial score (nSPS) is 12.4. The molecule has 2 N–H and O–H groups in total. The van der Waals surface area contributed by atoms with Crippen LogP contribution in [0.3, 0.4) is 0 Å². The van der Waals surface area contributed by atoms with Gasteiger partial charge in [0.15, 0.2) is 5.78 Å². The summed E-state index contributed by atoms with van der Waals surface area (Å²) in [6, 6.07) is 7.88. The maximum atomic E-state index is 12.2. The van der Waals surface area contributed by atoms with Gasteiger partial charge in [-0.05, 0) is 26.7 Å². The molecule has 0 saturated heterocycles. The monoisotopic (exact) mass is 248 g/mol. The standard InChI is InChI=1S/C16H25NO/c1-4-5-6-11-17-12-14(3)16(18)15-9-7-13(2)8-10-15/h7-10,14,17H,4-6,11-12H2,1-3H3/p+1. The summed E-state index contributed by atoms with van der Waals surface area (Å²) in [6.07, 6.45) is 3.80. The largest absolute Gasteiger partial charge is 0.346 e. The minimum absolute atomic E-state index is 0.106. The zero-order chi connectivity index (χ0) is 13.4. The first-order valence-corrected chi connectivity index (χ1v) is 7.07. The minimum atomic E-state index is 0.106. The van der Waals surface area contributed by atoms with E-state index in [0.717, 1.165) is 18.7 Å². The molecule has 0 heterocycles. The van der Waals surface area contributed by atoms with Crippen LogP contribution in [-0.2, 0) is 0 Å². The van der Waals surface area contributed by atoms with E-state index in [4.69, 9.17) is 0 Å². The van der Waals surface area contributed by atoms with Crippen LogP contribution in [0.15, 0.2) is 24.3 Å². The second kappa shape index (κ2) is 8.04. The lowest BCUT2D eigenvalue weighted by atomic mass is 9.98. The topological polar surface area (TPSA) is 33.7 Å². The van der Waals surface area contributed by atoms with E-state index in [1.165, 1.54) is 24.8 Å². The summed E-state index contributed by atoms with van der Waals surface area (Å²) in [6.45, 7) is 8.32. The predicted molar refractivity (Wildman–Crippen MR) is 75.9 cm³/mol.